The Kier molecular flexibility index (Phi) is 3.25. The van der Waals surface area contributed by atoms with Crippen molar-refractivity contribution in [3.05, 3.63) is 45.5 Å². The van der Waals surface area contributed by atoms with Crippen molar-refractivity contribution in [1.29, 1.82) is 0 Å². The number of fused-ring (bicyclic) bond motifs is 2. The SMILES string of the molecule is CN1C2C=C(c3ccc(C(=O)O)cc3[N+](=O)[O-])CC1CC2. The standard InChI is InChI=1S/C15H16N2O4/c1-16-11-3-4-12(16)7-10(6-11)13-5-2-9(15(18)19)8-14(13)17(20)21/h2,5-6,8,11-12H,3-4,7H2,1H3,(H,18,19). The molecule has 0 aromatic heterocycles. The van der Waals surface area contributed by atoms with Crippen LogP contribution in [0.1, 0.15) is 35.2 Å². The molecule has 2 atom stereocenters. The van der Waals surface area contributed by atoms with Crippen LogP contribution in [0.3, 0.4) is 0 Å². The molecule has 0 saturated carbocycles. The Morgan fingerprint density at radius 2 is 2.19 bits per heavy atom. The third-order valence-electron chi connectivity index (χ3n) is 4.53. The second-order valence-electron chi connectivity index (χ2n) is 5.65. The molecule has 0 spiro atoms. The highest BCUT2D eigenvalue weighted by Crippen LogP contribution is 2.40. The van der Waals surface area contributed by atoms with Gasteiger partial charge in [-0.05, 0) is 44.0 Å². The molecule has 2 aliphatic heterocycles. The molecule has 3 rings (SSSR count). The Balaban J connectivity index is 2.05. The van der Waals surface area contributed by atoms with Gasteiger partial charge in [0, 0.05) is 18.2 Å². The first-order chi connectivity index (χ1) is 9.97. The number of carbonyl (C=O) groups is 1. The van der Waals surface area contributed by atoms with E-state index >= 15 is 0 Å². The van der Waals surface area contributed by atoms with Crippen LogP contribution in [-0.2, 0) is 0 Å². The minimum Gasteiger partial charge on any atom is -0.478 e. The van der Waals surface area contributed by atoms with Crippen molar-refractivity contribution in [2.75, 3.05) is 7.05 Å². The van der Waals surface area contributed by atoms with Crippen molar-refractivity contribution < 1.29 is 14.8 Å². The van der Waals surface area contributed by atoms with E-state index in [-0.39, 0.29) is 11.3 Å². The third kappa shape index (κ3) is 2.31. The largest absolute Gasteiger partial charge is 0.478 e. The fourth-order valence-electron chi connectivity index (χ4n) is 3.33. The summed E-state index contributed by atoms with van der Waals surface area (Å²) in [6, 6.07) is 4.91. The van der Waals surface area contributed by atoms with Gasteiger partial charge in [-0.1, -0.05) is 6.08 Å². The van der Waals surface area contributed by atoms with E-state index in [2.05, 4.69) is 18.0 Å². The highest BCUT2D eigenvalue weighted by atomic mass is 16.6. The Morgan fingerprint density at radius 1 is 1.43 bits per heavy atom. The lowest BCUT2D eigenvalue weighted by Crippen LogP contribution is -2.34. The van der Waals surface area contributed by atoms with Crippen LogP contribution in [0, 0.1) is 10.1 Å². The smallest absolute Gasteiger partial charge is 0.335 e. The Morgan fingerprint density at radius 3 is 2.81 bits per heavy atom. The van der Waals surface area contributed by atoms with E-state index in [9.17, 15) is 14.9 Å². The van der Waals surface area contributed by atoms with Crippen LogP contribution in [0.25, 0.3) is 5.57 Å². The molecule has 1 aromatic carbocycles. The van der Waals surface area contributed by atoms with Crippen LogP contribution in [-0.4, -0.2) is 40.0 Å². The number of hydrogen-bond donors (Lipinski definition) is 1. The van der Waals surface area contributed by atoms with Crippen molar-refractivity contribution in [3.8, 4) is 0 Å². The molecule has 6 heteroatoms. The zero-order valence-corrected chi connectivity index (χ0v) is 11.7. The number of nitro benzene ring substituents is 1. The van der Waals surface area contributed by atoms with E-state index in [1.54, 1.807) is 6.07 Å². The first-order valence-electron chi connectivity index (χ1n) is 6.92. The Labute approximate surface area is 121 Å². The molecule has 1 N–H and O–H groups in total. The number of carboxylic acids is 1. The van der Waals surface area contributed by atoms with E-state index in [0.29, 0.717) is 17.6 Å². The summed E-state index contributed by atoms with van der Waals surface area (Å²) in [7, 11) is 2.08. The maximum absolute atomic E-state index is 11.3. The van der Waals surface area contributed by atoms with Crippen molar-refractivity contribution >= 4 is 17.2 Å². The maximum atomic E-state index is 11.3. The first-order valence-corrected chi connectivity index (χ1v) is 6.92. The molecule has 1 saturated heterocycles. The minimum absolute atomic E-state index is 0.0538. The maximum Gasteiger partial charge on any atom is 0.335 e. The molecular weight excluding hydrogens is 272 g/mol. The fourth-order valence-corrected chi connectivity index (χ4v) is 3.33. The van der Waals surface area contributed by atoms with Gasteiger partial charge in [0.15, 0.2) is 0 Å². The van der Waals surface area contributed by atoms with Gasteiger partial charge in [0.2, 0.25) is 0 Å². The lowest BCUT2D eigenvalue weighted by molar-refractivity contribution is -0.385. The molecule has 0 amide bonds. The molecule has 6 nitrogen and oxygen atoms in total. The summed E-state index contributed by atoms with van der Waals surface area (Å²) in [5.74, 6) is -1.15. The Bertz CT molecular complexity index is 653. The molecule has 1 aromatic rings. The lowest BCUT2D eigenvalue weighted by Gasteiger charge is -2.30. The van der Waals surface area contributed by atoms with Gasteiger partial charge in [0.1, 0.15) is 0 Å². The monoisotopic (exact) mass is 288 g/mol. The van der Waals surface area contributed by atoms with E-state index in [4.69, 9.17) is 5.11 Å². The van der Waals surface area contributed by atoms with Gasteiger partial charge in [0.25, 0.3) is 5.69 Å². The summed E-state index contributed by atoms with van der Waals surface area (Å²) >= 11 is 0. The highest BCUT2D eigenvalue weighted by Gasteiger charge is 2.35. The lowest BCUT2D eigenvalue weighted by atomic mass is 9.93. The number of aromatic carboxylic acids is 1. The number of carboxylic acid groups (broad SMARTS) is 1. The molecule has 1 fully saturated rings. The number of nitro groups is 1. The molecule has 0 radical (unpaired) electrons. The summed E-state index contributed by atoms with van der Waals surface area (Å²) in [5.41, 5.74) is 1.34. The molecule has 2 aliphatic rings. The molecule has 110 valence electrons. The second-order valence-corrected chi connectivity index (χ2v) is 5.65. The van der Waals surface area contributed by atoms with Gasteiger partial charge >= 0.3 is 5.97 Å². The highest BCUT2D eigenvalue weighted by molar-refractivity contribution is 5.90. The quantitative estimate of drug-likeness (QED) is 0.682. The topological polar surface area (TPSA) is 83.7 Å². The van der Waals surface area contributed by atoms with Gasteiger partial charge in [-0.25, -0.2) is 4.79 Å². The van der Waals surface area contributed by atoms with Crippen molar-refractivity contribution in [2.45, 2.75) is 31.3 Å². The molecule has 2 unspecified atom stereocenters. The van der Waals surface area contributed by atoms with Crippen molar-refractivity contribution in [2.24, 2.45) is 0 Å². The van der Waals surface area contributed by atoms with E-state index in [1.807, 2.05) is 0 Å². The second kappa shape index (κ2) is 4.96. The number of likely N-dealkylation sites (N-methyl/N-ethyl adjacent to an activating group) is 1. The normalized spacial score (nSPS) is 24.7. The van der Waals surface area contributed by atoms with Crippen LogP contribution in [0.4, 0.5) is 5.69 Å². The van der Waals surface area contributed by atoms with Gasteiger partial charge in [0.05, 0.1) is 16.1 Å². The zero-order valence-electron chi connectivity index (χ0n) is 11.7. The summed E-state index contributed by atoms with van der Waals surface area (Å²) in [6.45, 7) is 0. The van der Waals surface area contributed by atoms with Gasteiger partial charge in [-0.2, -0.15) is 0 Å². The predicted octanol–water partition coefficient (Wildman–Crippen LogP) is 2.54. The molecule has 2 bridgehead atoms. The summed E-state index contributed by atoms with van der Waals surface area (Å²) in [4.78, 5) is 24.0. The van der Waals surface area contributed by atoms with E-state index in [0.717, 1.165) is 30.9 Å². The van der Waals surface area contributed by atoms with Gasteiger partial charge in [-0.15, -0.1) is 0 Å². The van der Waals surface area contributed by atoms with Crippen molar-refractivity contribution in [1.82, 2.24) is 4.90 Å². The van der Waals surface area contributed by atoms with Crippen LogP contribution in [0.2, 0.25) is 0 Å². The molecule has 0 aliphatic carbocycles. The zero-order chi connectivity index (χ0) is 15.1. The minimum atomic E-state index is -1.15. The number of rotatable bonds is 3. The van der Waals surface area contributed by atoms with Crippen molar-refractivity contribution in [3.63, 3.8) is 0 Å². The number of nitrogens with zero attached hydrogens (tertiary/aromatic N) is 2. The summed E-state index contributed by atoms with van der Waals surface area (Å²) in [6.07, 6.45) is 5.04. The van der Waals surface area contributed by atoms with E-state index < -0.39 is 10.9 Å². The first kappa shape index (κ1) is 13.8. The molecular formula is C15H16N2O4. The number of benzene rings is 1. The van der Waals surface area contributed by atoms with Crippen LogP contribution in [0.15, 0.2) is 24.3 Å². The summed E-state index contributed by atoms with van der Waals surface area (Å²) < 4.78 is 0. The Hall–Kier alpha value is -2.21. The van der Waals surface area contributed by atoms with Crippen LogP contribution >= 0.6 is 0 Å². The fraction of sp³-hybridized carbons (Fsp3) is 0.400. The summed E-state index contributed by atoms with van der Waals surface area (Å²) in [5, 5.41) is 20.2. The molecule has 21 heavy (non-hydrogen) atoms. The average molecular weight is 288 g/mol. The van der Waals surface area contributed by atoms with E-state index in [1.165, 1.54) is 6.07 Å². The average Bonchev–Trinajstić information content (AvgIpc) is 2.67. The predicted molar refractivity (Wildman–Crippen MR) is 77.2 cm³/mol. The van der Waals surface area contributed by atoms with Gasteiger partial charge in [-0.3, -0.25) is 15.0 Å². The van der Waals surface area contributed by atoms with Gasteiger partial charge < -0.3 is 5.11 Å². The van der Waals surface area contributed by atoms with Crippen LogP contribution < -0.4 is 0 Å². The third-order valence-corrected chi connectivity index (χ3v) is 4.53. The van der Waals surface area contributed by atoms with Crippen LogP contribution in [0.5, 0.6) is 0 Å². The molecule has 2 heterocycles. The number of hydrogen-bond acceptors (Lipinski definition) is 4.